The van der Waals surface area contributed by atoms with Gasteiger partial charge in [-0.05, 0) is 31.2 Å². The third kappa shape index (κ3) is 2.64. The molecule has 112 valence electrons. The first-order chi connectivity index (χ1) is 11.3. The molecule has 4 rings (SSSR count). The summed E-state index contributed by atoms with van der Waals surface area (Å²) in [4.78, 5) is 8.54. The Balaban J connectivity index is 1.79. The number of pyridine rings is 1. The van der Waals surface area contributed by atoms with E-state index in [2.05, 4.69) is 36.9 Å². The summed E-state index contributed by atoms with van der Waals surface area (Å²) in [6.45, 7) is 1.96. The van der Waals surface area contributed by atoms with Crippen molar-refractivity contribution in [2.24, 2.45) is 0 Å². The lowest BCUT2D eigenvalue weighted by Crippen LogP contribution is -1.96. The quantitative estimate of drug-likeness (QED) is 0.577. The first kappa shape index (κ1) is 13.8. The van der Waals surface area contributed by atoms with Crippen LogP contribution < -0.4 is 0 Å². The molecular formula is C17H13N5S. The van der Waals surface area contributed by atoms with E-state index in [0.29, 0.717) is 0 Å². The van der Waals surface area contributed by atoms with Gasteiger partial charge in [0.15, 0.2) is 0 Å². The second kappa shape index (κ2) is 5.73. The molecule has 0 bridgehead atoms. The lowest BCUT2D eigenvalue weighted by molar-refractivity contribution is 1.05. The maximum Gasteiger partial charge on any atom is 0.147 e. The summed E-state index contributed by atoms with van der Waals surface area (Å²) in [6, 6.07) is 12.1. The fourth-order valence-corrected chi connectivity index (χ4v) is 3.12. The monoisotopic (exact) mass is 319 g/mol. The minimum Gasteiger partial charge on any atom is -0.300 e. The highest BCUT2D eigenvalue weighted by Crippen LogP contribution is 2.27. The zero-order valence-corrected chi connectivity index (χ0v) is 13.2. The molecule has 0 aliphatic carbocycles. The van der Waals surface area contributed by atoms with Crippen LogP contribution in [-0.2, 0) is 0 Å². The van der Waals surface area contributed by atoms with E-state index in [1.165, 1.54) is 0 Å². The van der Waals surface area contributed by atoms with E-state index in [4.69, 9.17) is 0 Å². The van der Waals surface area contributed by atoms with E-state index in [9.17, 15) is 0 Å². The number of nitrogens with zero attached hydrogens (tertiary/aromatic N) is 5. The summed E-state index contributed by atoms with van der Waals surface area (Å²) >= 11 is 1.59. The van der Waals surface area contributed by atoms with Gasteiger partial charge < -0.3 is 0 Å². The van der Waals surface area contributed by atoms with Crippen LogP contribution in [0.2, 0.25) is 0 Å². The number of aromatic nitrogens is 5. The van der Waals surface area contributed by atoms with Crippen LogP contribution in [0.1, 0.15) is 5.01 Å². The molecule has 0 unspecified atom stereocenters. The van der Waals surface area contributed by atoms with Crippen LogP contribution in [0.15, 0.2) is 61.2 Å². The fourth-order valence-electron chi connectivity index (χ4n) is 2.43. The summed E-state index contributed by atoms with van der Waals surface area (Å²) in [5, 5.41) is 10.2. The molecule has 0 N–H and O–H groups in total. The number of benzene rings is 1. The second-order valence-corrected chi connectivity index (χ2v) is 6.21. The van der Waals surface area contributed by atoms with Gasteiger partial charge in [-0.15, -0.1) is 10.2 Å². The minimum absolute atomic E-state index is 0.887. The van der Waals surface area contributed by atoms with Gasteiger partial charge >= 0.3 is 0 Å². The number of imidazole rings is 1. The molecule has 6 heteroatoms. The van der Waals surface area contributed by atoms with Crippen molar-refractivity contribution in [2.75, 3.05) is 0 Å². The maximum atomic E-state index is 4.48. The van der Waals surface area contributed by atoms with E-state index in [1.807, 2.05) is 37.4 Å². The minimum atomic E-state index is 0.887. The molecule has 0 amide bonds. The van der Waals surface area contributed by atoms with Crippen molar-refractivity contribution >= 4 is 11.3 Å². The highest BCUT2D eigenvalue weighted by molar-refractivity contribution is 7.14. The maximum absolute atomic E-state index is 4.48. The van der Waals surface area contributed by atoms with Gasteiger partial charge in [0.1, 0.15) is 15.8 Å². The Morgan fingerprint density at radius 2 is 1.83 bits per heavy atom. The zero-order chi connectivity index (χ0) is 15.6. The molecule has 23 heavy (non-hydrogen) atoms. The molecule has 0 saturated heterocycles. The van der Waals surface area contributed by atoms with Crippen LogP contribution in [0.4, 0.5) is 0 Å². The number of hydrogen-bond donors (Lipinski definition) is 0. The molecule has 0 spiro atoms. The Morgan fingerprint density at radius 1 is 0.957 bits per heavy atom. The Kier molecular flexibility index (Phi) is 3.44. The van der Waals surface area contributed by atoms with Crippen LogP contribution in [0.25, 0.3) is 27.6 Å². The molecule has 5 nitrogen and oxygen atoms in total. The molecule has 0 atom stereocenters. The summed E-state index contributed by atoms with van der Waals surface area (Å²) in [6.07, 6.45) is 7.31. The standard InChI is InChI=1S/C17H13N5S/c1-12-20-21-17(23-12)14-3-2-4-15(11-14)22-10-9-19-16(22)13-5-7-18-8-6-13/h2-11H,1H3. The SMILES string of the molecule is Cc1nnc(-c2cccc(-n3ccnc3-c3ccncc3)c2)s1. The zero-order valence-electron chi connectivity index (χ0n) is 12.4. The summed E-state index contributed by atoms with van der Waals surface area (Å²) in [7, 11) is 0. The molecular weight excluding hydrogens is 306 g/mol. The molecule has 0 fully saturated rings. The largest absolute Gasteiger partial charge is 0.300 e. The van der Waals surface area contributed by atoms with Crippen LogP contribution in [0.5, 0.6) is 0 Å². The normalized spacial score (nSPS) is 10.8. The lowest BCUT2D eigenvalue weighted by atomic mass is 10.2. The highest BCUT2D eigenvalue weighted by atomic mass is 32.1. The van der Waals surface area contributed by atoms with Crippen molar-refractivity contribution in [3.63, 3.8) is 0 Å². The van der Waals surface area contributed by atoms with Gasteiger partial charge in [-0.25, -0.2) is 4.98 Å². The smallest absolute Gasteiger partial charge is 0.147 e. The van der Waals surface area contributed by atoms with Gasteiger partial charge in [0.2, 0.25) is 0 Å². The average molecular weight is 319 g/mol. The van der Waals surface area contributed by atoms with Crippen LogP contribution in [0, 0.1) is 6.92 Å². The third-order valence-electron chi connectivity index (χ3n) is 3.48. The van der Waals surface area contributed by atoms with Gasteiger partial charge in [0.05, 0.1) is 0 Å². The van der Waals surface area contributed by atoms with Gasteiger partial charge in [-0.1, -0.05) is 23.5 Å². The summed E-state index contributed by atoms with van der Waals surface area (Å²) < 4.78 is 2.06. The topological polar surface area (TPSA) is 56.5 Å². The fraction of sp³-hybridized carbons (Fsp3) is 0.0588. The van der Waals surface area contributed by atoms with Crippen molar-refractivity contribution in [1.82, 2.24) is 24.7 Å². The Hall–Kier alpha value is -2.86. The average Bonchev–Trinajstić information content (AvgIpc) is 3.25. The van der Waals surface area contributed by atoms with E-state index >= 15 is 0 Å². The predicted molar refractivity (Wildman–Crippen MR) is 90.4 cm³/mol. The van der Waals surface area contributed by atoms with Crippen molar-refractivity contribution in [1.29, 1.82) is 0 Å². The number of hydrogen-bond acceptors (Lipinski definition) is 5. The predicted octanol–water partition coefficient (Wildman–Crippen LogP) is 3.76. The van der Waals surface area contributed by atoms with E-state index in [1.54, 1.807) is 29.9 Å². The Labute approximate surface area is 137 Å². The van der Waals surface area contributed by atoms with Gasteiger partial charge in [-0.2, -0.15) is 0 Å². The Morgan fingerprint density at radius 3 is 2.61 bits per heavy atom. The molecule has 0 aliphatic heterocycles. The molecule has 4 aromatic rings. The second-order valence-electron chi connectivity index (χ2n) is 5.03. The first-order valence-corrected chi connectivity index (χ1v) is 7.97. The van der Waals surface area contributed by atoms with E-state index in [0.717, 1.165) is 32.7 Å². The van der Waals surface area contributed by atoms with Gasteiger partial charge in [0, 0.05) is 41.6 Å². The lowest BCUT2D eigenvalue weighted by Gasteiger charge is -2.09. The van der Waals surface area contributed by atoms with Crippen molar-refractivity contribution in [3.8, 4) is 27.6 Å². The molecule has 0 aliphatic rings. The van der Waals surface area contributed by atoms with Crippen molar-refractivity contribution < 1.29 is 0 Å². The number of rotatable bonds is 3. The van der Waals surface area contributed by atoms with E-state index in [-0.39, 0.29) is 0 Å². The van der Waals surface area contributed by atoms with Crippen LogP contribution >= 0.6 is 11.3 Å². The van der Waals surface area contributed by atoms with Crippen LogP contribution in [-0.4, -0.2) is 24.7 Å². The summed E-state index contributed by atoms with van der Waals surface area (Å²) in [5.41, 5.74) is 3.13. The van der Waals surface area contributed by atoms with Crippen molar-refractivity contribution in [3.05, 3.63) is 66.2 Å². The van der Waals surface area contributed by atoms with Gasteiger partial charge in [-0.3, -0.25) is 9.55 Å². The summed E-state index contributed by atoms with van der Waals surface area (Å²) in [5.74, 6) is 0.887. The Bertz CT molecular complexity index is 942. The van der Waals surface area contributed by atoms with Crippen LogP contribution in [0.3, 0.4) is 0 Å². The molecule has 0 radical (unpaired) electrons. The highest BCUT2D eigenvalue weighted by Gasteiger charge is 2.10. The van der Waals surface area contributed by atoms with Gasteiger partial charge in [0.25, 0.3) is 0 Å². The number of aryl methyl sites for hydroxylation is 1. The van der Waals surface area contributed by atoms with E-state index < -0.39 is 0 Å². The molecule has 3 aromatic heterocycles. The first-order valence-electron chi connectivity index (χ1n) is 7.16. The third-order valence-corrected chi connectivity index (χ3v) is 4.36. The molecule has 3 heterocycles. The molecule has 0 saturated carbocycles. The molecule has 1 aromatic carbocycles. The van der Waals surface area contributed by atoms with Crippen molar-refractivity contribution in [2.45, 2.75) is 6.92 Å².